The van der Waals surface area contributed by atoms with Gasteiger partial charge in [-0.3, -0.25) is 4.79 Å². The molecule has 1 aliphatic heterocycles. The fraction of sp³-hybridized carbons (Fsp3) is 0.923. The molecular weight excluding hydrogens is 216 g/mol. The molecule has 1 heterocycles. The van der Waals surface area contributed by atoms with Crippen molar-refractivity contribution in [2.45, 2.75) is 45.1 Å². The third-order valence-electron chi connectivity index (χ3n) is 3.44. The Morgan fingerprint density at radius 1 is 1.47 bits per heavy atom. The van der Waals surface area contributed by atoms with Gasteiger partial charge in [-0.1, -0.05) is 19.8 Å². The van der Waals surface area contributed by atoms with Crippen molar-refractivity contribution >= 4 is 5.91 Å². The number of hydrogen-bond donors (Lipinski definition) is 1. The van der Waals surface area contributed by atoms with Crippen molar-refractivity contribution in [3.8, 4) is 0 Å². The van der Waals surface area contributed by atoms with Crippen LogP contribution in [0.25, 0.3) is 0 Å². The highest BCUT2D eigenvalue weighted by Crippen LogP contribution is 2.16. The quantitative estimate of drug-likeness (QED) is 0.765. The van der Waals surface area contributed by atoms with Crippen LogP contribution in [0.15, 0.2) is 0 Å². The van der Waals surface area contributed by atoms with Crippen LogP contribution in [0, 0.1) is 5.92 Å². The van der Waals surface area contributed by atoms with Crippen LogP contribution in [-0.4, -0.2) is 43.7 Å². The first-order valence-electron chi connectivity index (χ1n) is 6.73. The second kappa shape index (κ2) is 7.67. The molecule has 0 aromatic heterocycles. The topological polar surface area (TPSA) is 55.6 Å². The summed E-state index contributed by atoms with van der Waals surface area (Å²) in [4.78, 5) is 13.8. The van der Waals surface area contributed by atoms with Gasteiger partial charge in [0, 0.05) is 26.8 Å². The highest BCUT2D eigenvalue weighted by molar-refractivity contribution is 5.81. The zero-order chi connectivity index (χ0) is 12.7. The molecule has 1 saturated heterocycles. The van der Waals surface area contributed by atoms with E-state index in [4.69, 9.17) is 10.5 Å². The van der Waals surface area contributed by atoms with E-state index in [1.165, 1.54) is 0 Å². The lowest BCUT2D eigenvalue weighted by molar-refractivity contribution is -0.132. The lowest BCUT2D eigenvalue weighted by Gasteiger charge is -2.28. The van der Waals surface area contributed by atoms with E-state index in [1.54, 1.807) is 4.90 Å². The van der Waals surface area contributed by atoms with E-state index in [0.717, 1.165) is 51.9 Å². The molecule has 0 aliphatic carbocycles. The number of unbranched alkanes of at least 4 members (excludes halogenated alkanes) is 1. The van der Waals surface area contributed by atoms with Gasteiger partial charge in [0.05, 0.1) is 6.04 Å². The van der Waals surface area contributed by atoms with Crippen LogP contribution in [0.3, 0.4) is 0 Å². The Morgan fingerprint density at radius 2 is 2.12 bits per heavy atom. The van der Waals surface area contributed by atoms with Gasteiger partial charge in [-0.2, -0.15) is 0 Å². The molecule has 4 nitrogen and oxygen atoms in total. The maximum atomic E-state index is 12.0. The minimum atomic E-state index is -0.320. The van der Waals surface area contributed by atoms with Gasteiger partial charge in [0.15, 0.2) is 0 Å². The first kappa shape index (κ1) is 14.5. The van der Waals surface area contributed by atoms with Crippen LogP contribution < -0.4 is 5.73 Å². The van der Waals surface area contributed by atoms with Crippen molar-refractivity contribution in [1.82, 2.24) is 4.90 Å². The number of nitrogens with two attached hydrogens (primary N) is 1. The number of amides is 1. The van der Waals surface area contributed by atoms with Gasteiger partial charge >= 0.3 is 0 Å². The Kier molecular flexibility index (Phi) is 6.52. The summed E-state index contributed by atoms with van der Waals surface area (Å²) in [5.41, 5.74) is 5.89. The molecule has 0 aromatic carbocycles. The fourth-order valence-electron chi connectivity index (χ4n) is 2.24. The largest absolute Gasteiger partial charge is 0.381 e. The summed E-state index contributed by atoms with van der Waals surface area (Å²) in [6.45, 7) is 4.59. The molecule has 2 N–H and O–H groups in total. The van der Waals surface area contributed by atoms with Gasteiger partial charge in [0.1, 0.15) is 0 Å². The number of rotatable bonds is 6. The maximum Gasteiger partial charge on any atom is 0.239 e. The van der Waals surface area contributed by atoms with Crippen LogP contribution in [0.1, 0.15) is 39.0 Å². The average Bonchev–Trinajstić information content (AvgIpc) is 2.36. The Bertz CT molecular complexity index is 227. The molecule has 0 radical (unpaired) electrons. The second-order valence-corrected chi connectivity index (χ2v) is 5.02. The molecule has 17 heavy (non-hydrogen) atoms. The number of carbonyl (C=O) groups is 1. The summed E-state index contributed by atoms with van der Waals surface area (Å²) in [5, 5.41) is 0. The highest BCUT2D eigenvalue weighted by atomic mass is 16.5. The van der Waals surface area contributed by atoms with E-state index in [1.807, 2.05) is 7.05 Å². The van der Waals surface area contributed by atoms with E-state index in [2.05, 4.69) is 6.92 Å². The molecule has 0 bridgehead atoms. The first-order chi connectivity index (χ1) is 8.15. The zero-order valence-corrected chi connectivity index (χ0v) is 11.2. The molecule has 1 rings (SSSR count). The molecule has 1 unspecified atom stereocenters. The molecule has 4 heteroatoms. The Labute approximate surface area is 104 Å². The number of likely N-dealkylation sites (N-methyl/N-ethyl adjacent to an activating group) is 1. The minimum Gasteiger partial charge on any atom is -0.381 e. The van der Waals surface area contributed by atoms with Gasteiger partial charge < -0.3 is 15.4 Å². The number of hydrogen-bond acceptors (Lipinski definition) is 3. The van der Waals surface area contributed by atoms with Crippen LogP contribution in [0.5, 0.6) is 0 Å². The summed E-state index contributed by atoms with van der Waals surface area (Å²) in [6.07, 6.45) is 5.03. The summed E-state index contributed by atoms with van der Waals surface area (Å²) in [7, 11) is 1.86. The van der Waals surface area contributed by atoms with Crippen LogP contribution in [-0.2, 0) is 9.53 Å². The first-order valence-corrected chi connectivity index (χ1v) is 6.73. The highest BCUT2D eigenvalue weighted by Gasteiger charge is 2.21. The smallest absolute Gasteiger partial charge is 0.239 e. The summed E-state index contributed by atoms with van der Waals surface area (Å²) in [5.74, 6) is 0.668. The predicted octanol–water partition coefficient (Wildman–Crippen LogP) is 1.39. The lowest BCUT2D eigenvalue weighted by Crippen LogP contribution is -2.44. The Hall–Kier alpha value is -0.610. The Balaban J connectivity index is 2.29. The SMILES string of the molecule is CCCCC(N)C(=O)N(C)CC1CCOCC1. The van der Waals surface area contributed by atoms with Crippen LogP contribution in [0.2, 0.25) is 0 Å². The molecule has 100 valence electrons. The third-order valence-corrected chi connectivity index (χ3v) is 3.44. The number of carbonyl (C=O) groups excluding carboxylic acids is 1. The molecular formula is C13H26N2O2. The fourth-order valence-corrected chi connectivity index (χ4v) is 2.24. The van der Waals surface area contributed by atoms with Crippen molar-refractivity contribution in [3.05, 3.63) is 0 Å². The van der Waals surface area contributed by atoms with E-state index in [9.17, 15) is 4.79 Å². The molecule has 1 amide bonds. The normalized spacial score (nSPS) is 19.0. The van der Waals surface area contributed by atoms with Gasteiger partial charge in [-0.15, -0.1) is 0 Å². The van der Waals surface area contributed by atoms with Crippen molar-refractivity contribution in [1.29, 1.82) is 0 Å². The van der Waals surface area contributed by atoms with Crippen molar-refractivity contribution in [2.24, 2.45) is 11.7 Å². The molecule has 0 saturated carbocycles. The van der Waals surface area contributed by atoms with Crippen molar-refractivity contribution in [3.63, 3.8) is 0 Å². The third kappa shape index (κ3) is 5.04. The van der Waals surface area contributed by atoms with E-state index >= 15 is 0 Å². The number of ether oxygens (including phenoxy) is 1. The number of nitrogens with zero attached hydrogens (tertiary/aromatic N) is 1. The van der Waals surface area contributed by atoms with Crippen LogP contribution >= 0.6 is 0 Å². The summed E-state index contributed by atoms with van der Waals surface area (Å²) < 4.78 is 5.31. The summed E-state index contributed by atoms with van der Waals surface area (Å²) in [6, 6.07) is -0.320. The van der Waals surface area contributed by atoms with Crippen molar-refractivity contribution in [2.75, 3.05) is 26.8 Å². The van der Waals surface area contributed by atoms with Crippen molar-refractivity contribution < 1.29 is 9.53 Å². The average molecular weight is 242 g/mol. The molecule has 1 aliphatic rings. The molecule has 1 atom stereocenters. The Morgan fingerprint density at radius 3 is 2.71 bits per heavy atom. The standard InChI is InChI=1S/C13H26N2O2/c1-3-4-5-12(14)13(16)15(2)10-11-6-8-17-9-7-11/h11-12H,3-10,14H2,1-2H3. The second-order valence-electron chi connectivity index (χ2n) is 5.02. The van der Waals surface area contributed by atoms with E-state index in [0.29, 0.717) is 5.92 Å². The van der Waals surface area contributed by atoms with Gasteiger partial charge in [0.2, 0.25) is 5.91 Å². The predicted molar refractivity (Wildman–Crippen MR) is 68.7 cm³/mol. The zero-order valence-electron chi connectivity index (χ0n) is 11.2. The van der Waals surface area contributed by atoms with E-state index in [-0.39, 0.29) is 11.9 Å². The van der Waals surface area contributed by atoms with E-state index < -0.39 is 0 Å². The molecule has 0 aromatic rings. The van der Waals surface area contributed by atoms with Gasteiger partial charge in [-0.25, -0.2) is 0 Å². The molecule has 1 fully saturated rings. The maximum absolute atomic E-state index is 12.0. The van der Waals surface area contributed by atoms with Gasteiger partial charge in [0.25, 0.3) is 0 Å². The summed E-state index contributed by atoms with van der Waals surface area (Å²) >= 11 is 0. The monoisotopic (exact) mass is 242 g/mol. The molecule has 0 spiro atoms. The van der Waals surface area contributed by atoms with Gasteiger partial charge in [-0.05, 0) is 25.2 Å². The lowest BCUT2D eigenvalue weighted by atomic mass is 9.99. The minimum absolute atomic E-state index is 0.0879. The van der Waals surface area contributed by atoms with Crippen LogP contribution in [0.4, 0.5) is 0 Å².